The number of aromatic nitrogens is 2. The number of fused-ring (bicyclic) bond motifs is 1. The number of nitrogens with one attached hydrogen (secondary N) is 2. The number of anilines is 2. The summed E-state index contributed by atoms with van der Waals surface area (Å²) in [6.45, 7) is 3.88. The van der Waals surface area contributed by atoms with Crippen molar-refractivity contribution in [2.75, 3.05) is 17.7 Å². The molecule has 31 heavy (non-hydrogen) atoms. The molecule has 1 aliphatic heterocycles. The van der Waals surface area contributed by atoms with Gasteiger partial charge in [-0.1, -0.05) is 60.2 Å². The van der Waals surface area contributed by atoms with Crippen LogP contribution in [0.1, 0.15) is 41.1 Å². The Balaban J connectivity index is 0.000000858. The molecular formula is C22H25N5O4. The summed E-state index contributed by atoms with van der Waals surface area (Å²) in [6.07, 6.45) is 0. The number of aromatic amines is 1. The van der Waals surface area contributed by atoms with E-state index in [0.717, 1.165) is 11.1 Å². The molecule has 9 heteroatoms. The maximum Gasteiger partial charge on any atom is 0.258 e. The largest absolute Gasteiger partial charge is 0.397 e. The van der Waals surface area contributed by atoms with Crippen molar-refractivity contribution in [3.05, 3.63) is 97.3 Å². The standard InChI is InChI=1S/C20H19N5O3.C2H6O/c1-11-7-9-13(10-8-11)16-17(25(27)28)14(12-5-3-2-4-6-12)15-18(22-16)23-20(21)24-19(15)26;1-2-3/h2-10,14,16-17H,1H3,(H4,21,22,23,24,26);3H,2H2,1H3/t14-,16+,17+;/m1./s1. The van der Waals surface area contributed by atoms with Gasteiger partial charge in [0.2, 0.25) is 12.0 Å². The first-order chi connectivity index (χ1) is 14.9. The fourth-order valence-electron chi connectivity index (χ4n) is 3.82. The Bertz CT molecular complexity index is 1100. The van der Waals surface area contributed by atoms with E-state index in [4.69, 9.17) is 10.8 Å². The predicted octanol–water partition coefficient (Wildman–Crippen LogP) is 2.60. The SMILES string of the molecule is CCO.Cc1ccc([C@@H]2Nc3nc(N)[nH]c(=O)c3[C@@H](c3ccccc3)[C@@H]2[N+](=O)[O-])cc1. The maximum atomic E-state index is 12.7. The highest BCUT2D eigenvalue weighted by Crippen LogP contribution is 2.43. The number of rotatable bonds is 3. The Kier molecular flexibility index (Phi) is 6.66. The van der Waals surface area contributed by atoms with Crippen LogP contribution >= 0.6 is 0 Å². The molecule has 2 aromatic carbocycles. The molecule has 3 aromatic rings. The molecule has 0 unspecified atom stereocenters. The van der Waals surface area contributed by atoms with E-state index in [9.17, 15) is 14.9 Å². The molecule has 3 atom stereocenters. The third kappa shape index (κ3) is 4.56. The number of H-pyrrole nitrogens is 1. The third-order valence-electron chi connectivity index (χ3n) is 5.10. The fraction of sp³-hybridized carbons (Fsp3) is 0.273. The van der Waals surface area contributed by atoms with E-state index in [2.05, 4.69) is 15.3 Å². The van der Waals surface area contributed by atoms with E-state index >= 15 is 0 Å². The zero-order valence-electron chi connectivity index (χ0n) is 17.3. The van der Waals surface area contributed by atoms with Crippen LogP contribution in [0.15, 0.2) is 59.4 Å². The molecule has 4 rings (SSSR count). The van der Waals surface area contributed by atoms with E-state index in [0.29, 0.717) is 5.56 Å². The zero-order valence-corrected chi connectivity index (χ0v) is 17.3. The molecule has 5 N–H and O–H groups in total. The second-order valence-corrected chi connectivity index (χ2v) is 7.23. The summed E-state index contributed by atoms with van der Waals surface area (Å²) >= 11 is 0. The molecule has 0 amide bonds. The van der Waals surface area contributed by atoms with E-state index in [1.807, 2.05) is 37.3 Å². The van der Waals surface area contributed by atoms with Crippen LogP contribution in [0.5, 0.6) is 0 Å². The van der Waals surface area contributed by atoms with Crippen molar-refractivity contribution in [3.8, 4) is 0 Å². The van der Waals surface area contributed by atoms with Crippen LogP contribution in [0.2, 0.25) is 0 Å². The number of hydrogen-bond donors (Lipinski definition) is 4. The Morgan fingerprint density at radius 3 is 2.32 bits per heavy atom. The Morgan fingerprint density at radius 1 is 1.13 bits per heavy atom. The molecule has 1 aliphatic rings. The van der Waals surface area contributed by atoms with Gasteiger partial charge in [0.05, 0.1) is 11.5 Å². The highest BCUT2D eigenvalue weighted by atomic mass is 16.6. The zero-order chi connectivity index (χ0) is 22.5. The van der Waals surface area contributed by atoms with Crippen LogP contribution in [0, 0.1) is 17.0 Å². The van der Waals surface area contributed by atoms with E-state index in [1.54, 1.807) is 31.2 Å². The quantitative estimate of drug-likeness (QED) is 0.374. The topological polar surface area (TPSA) is 147 Å². The molecule has 0 aliphatic carbocycles. The summed E-state index contributed by atoms with van der Waals surface area (Å²) in [4.78, 5) is 31.2. The molecule has 0 saturated heterocycles. The number of aliphatic hydroxyl groups is 1. The highest BCUT2D eigenvalue weighted by Gasteiger charge is 2.48. The van der Waals surface area contributed by atoms with Crippen molar-refractivity contribution in [2.45, 2.75) is 31.8 Å². The second-order valence-electron chi connectivity index (χ2n) is 7.23. The van der Waals surface area contributed by atoms with Gasteiger partial charge in [0, 0.05) is 11.5 Å². The number of aryl methyl sites for hydroxylation is 1. The van der Waals surface area contributed by atoms with Crippen LogP contribution < -0.4 is 16.6 Å². The number of nitrogens with zero attached hydrogens (tertiary/aromatic N) is 2. The van der Waals surface area contributed by atoms with Gasteiger partial charge in [-0.15, -0.1) is 0 Å². The maximum absolute atomic E-state index is 12.7. The Morgan fingerprint density at radius 2 is 1.74 bits per heavy atom. The van der Waals surface area contributed by atoms with Crippen molar-refractivity contribution >= 4 is 11.8 Å². The number of benzene rings is 2. The first kappa shape index (κ1) is 22.0. The van der Waals surface area contributed by atoms with Gasteiger partial charge in [0.15, 0.2) is 0 Å². The van der Waals surface area contributed by atoms with Gasteiger partial charge in [0.25, 0.3) is 5.56 Å². The fourth-order valence-corrected chi connectivity index (χ4v) is 3.82. The number of hydrogen-bond acceptors (Lipinski definition) is 7. The average Bonchev–Trinajstić information content (AvgIpc) is 2.74. The summed E-state index contributed by atoms with van der Waals surface area (Å²) in [6, 6.07) is 14.8. The number of nitrogen functional groups attached to an aromatic ring is 1. The van der Waals surface area contributed by atoms with Crippen molar-refractivity contribution in [1.29, 1.82) is 0 Å². The van der Waals surface area contributed by atoms with Gasteiger partial charge in [-0.2, -0.15) is 4.98 Å². The van der Waals surface area contributed by atoms with Crippen molar-refractivity contribution in [3.63, 3.8) is 0 Å². The Labute approximate surface area is 179 Å². The lowest BCUT2D eigenvalue weighted by atomic mass is 9.78. The molecule has 162 valence electrons. The van der Waals surface area contributed by atoms with Gasteiger partial charge in [-0.25, -0.2) is 0 Å². The summed E-state index contributed by atoms with van der Waals surface area (Å²) in [5, 5.41) is 22.8. The number of aliphatic hydroxyl groups excluding tert-OH is 1. The van der Waals surface area contributed by atoms with Gasteiger partial charge in [0.1, 0.15) is 11.9 Å². The van der Waals surface area contributed by atoms with Gasteiger partial charge >= 0.3 is 0 Å². The molecule has 0 fully saturated rings. The van der Waals surface area contributed by atoms with Crippen LogP contribution in [0.4, 0.5) is 11.8 Å². The molecule has 1 aromatic heterocycles. The second kappa shape index (κ2) is 9.40. The highest BCUT2D eigenvalue weighted by molar-refractivity contribution is 5.57. The van der Waals surface area contributed by atoms with Crippen molar-refractivity contribution < 1.29 is 10.0 Å². The van der Waals surface area contributed by atoms with Gasteiger partial charge in [-0.05, 0) is 25.0 Å². The molecule has 9 nitrogen and oxygen atoms in total. The molecule has 0 radical (unpaired) electrons. The summed E-state index contributed by atoms with van der Waals surface area (Å²) in [5.74, 6) is -0.528. The molecule has 2 heterocycles. The normalized spacial score (nSPS) is 19.4. The summed E-state index contributed by atoms with van der Waals surface area (Å²) < 4.78 is 0. The van der Waals surface area contributed by atoms with E-state index in [-0.39, 0.29) is 28.9 Å². The minimum absolute atomic E-state index is 0.0368. The number of nitrogens with two attached hydrogens (primary N) is 1. The van der Waals surface area contributed by atoms with E-state index in [1.165, 1.54) is 0 Å². The van der Waals surface area contributed by atoms with Crippen LogP contribution in [-0.4, -0.2) is 32.6 Å². The van der Waals surface area contributed by atoms with Crippen molar-refractivity contribution in [1.82, 2.24) is 9.97 Å². The van der Waals surface area contributed by atoms with Gasteiger partial charge in [-0.3, -0.25) is 19.9 Å². The first-order valence-electron chi connectivity index (χ1n) is 9.89. The first-order valence-corrected chi connectivity index (χ1v) is 9.89. The predicted molar refractivity (Wildman–Crippen MR) is 119 cm³/mol. The Hall–Kier alpha value is -3.72. The van der Waals surface area contributed by atoms with Crippen LogP contribution in [-0.2, 0) is 0 Å². The van der Waals surface area contributed by atoms with E-state index < -0.39 is 23.6 Å². The third-order valence-corrected chi connectivity index (χ3v) is 5.10. The average molecular weight is 423 g/mol. The van der Waals surface area contributed by atoms with Crippen LogP contribution in [0.25, 0.3) is 0 Å². The minimum atomic E-state index is -1.09. The number of nitro groups is 1. The lowest BCUT2D eigenvalue weighted by molar-refractivity contribution is -0.529. The lowest BCUT2D eigenvalue weighted by Gasteiger charge is -2.34. The minimum Gasteiger partial charge on any atom is -0.397 e. The van der Waals surface area contributed by atoms with Crippen LogP contribution in [0.3, 0.4) is 0 Å². The summed E-state index contributed by atoms with van der Waals surface area (Å²) in [5.41, 5.74) is 7.96. The monoisotopic (exact) mass is 423 g/mol. The lowest BCUT2D eigenvalue weighted by Crippen LogP contribution is -2.45. The molecule has 0 spiro atoms. The van der Waals surface area contributed by atoms with Gasteiger partial charge < -0.3 is 16.2 Å². The molecule has 0 saturated carbocycles. The molecule has 0 bridgehead atoms. The molecular weight excluding hydrogens is 398 g/mol. The smallest absolute Gasteiger partial charge is 0.258 e. The van der Waals surface area contributed by atoms with Crippen molar-refractivity contribution in [2.24, 2.45) is 0 Å². The summed E-state index contributed by atoms with van der Waals surface area (Å²) in [7, 11) is 0.